The number of sulfonamides is 1. The first-order valence-corrected chi connectivity index (χ1v) is 14.7. The zero-order chi connectivity index (χ0) is 27.1. The molecule has 5 rings (SSSR count). The van der Waals surface area contributed by atoms with Crippen molar-refractivity contribution in [2.24, 2.45) is 5.92 Å². The van der Waals surface area contributed by atoms with Gasteiger partial charge in [0.05, 0.1) is 23.1 Å². The molecule has 0 radical (unpaired) electrons. The summed E-state index contributed by atoms with van der Waals surface area (Å²) in [6.07, 6.45) is 6.82. The fourth-order valence-corrected chi connectivity index (χ4v) is 6.04. The number of unbranched alkanes of at least 4 members (excludes halogenated alkanes) is 1. The summed E-state index contributed by atoms with van der Waals surface area (Å²) in [6, 6.07) is 6.23. The first-order valence-electron chi connectivity index (χ1n) is 13.2. The molecule has 1 aromatic heterocycles. The second-order valence-corrected chi connectivity index (χ2v) is 12.7. The van der Waals surface area contributed by atoms with Crippen LogP contribution < -0.4 is 14.8 Å². The standard InChI is InChI=1S/C27H33FN4O5S/c1-3-4-13-37-18-7-10-21(22(28)14-18)27(2)15-20(23-11-12-32(30-23)16-17-5-6-17)24(25(33)29-27)26(34)31-38(35,36)19-8-9-19/h7,10-12,14,17,19H,3-6,8-9,13,15-16H2,1-2H3,(H,29,33)(H,31,34)/t27-/m0/s1. The first kappa shape index (κ1) is 26.4. The maximum atomic E-state index is 15.3. The van der Waals surface area contributed by atoms with E-state index in [9.17, 15) is 18.0 Å². The molecule has 1 atom stereocenters. The maximum Gasteiger partial charge on any atom is 0.270 e. The molecule has 0 unspecified atom stereocenters. The van der Waals surface area contributed by atoms with E-state index in [1.807, 2.05) is 6.92 Å². The van der Waals surface area contributed by atoms with Crippen molar-refractivity contribution in [3.63, 3.8) is 0 Å². The number of ether oxygens (including phenoxy) is 1. The van der Waals surface area contributed by atoms with E-state index in [1.165, 1.54) is 6.07 Å². The Morgan fingerprint density at radius 2 is 2.03 bits per heavy atom. The van der Waals surface area contributed by atoms with Gasteiger partial charge in [-0.2, -0.15) is 5.10 Å². The van der Waals surface area contributed by atoms with E-state index in [4.69, 9.17) is 4.74 Å². The number of nitrogens with one attached hydrogen (secondary N) is 2. The van der Waals surface area contributed by atoms with Crippen LogP contribution in [0, 0.1) is 11.7 Å². The molecule has 2 saturated carbocycles. The third-order valence-electron chi connectivity index (χ3n) is 7.27. The number of carbonyl (C=O) groups excluding carboxylic acids is 2. The second kappa shape index (κ2) is 10.2. The number of hydrogen-bond donors (Lipinski definition) is 2. The minimum Gasteiger partial charge on any atom is -0.493 e. The summed E-state index contributed by atoms with van der Waals surface area (Å²) >= 11 is 0. The fourth-order valence-electron chi connectivity index (χ4n) is 4.76. The summed E-state index contributed by atoms with van der Waals surface area (Å²) in [7, 11) is -3.88. The van der Waals surface area contributed by atoms with Gasteiger partial charge in [0.15, 0.2) is 0 Å². The number of hydrogen-bond acceptors (Lipinski definition) is 6. The number of halogens is 1. The number of benzene rings is 1. The molecule has 2 aromatic rings. The summed E-state index contributed by atoms with van der Waals surface area (Å²) in [5.41, 5.74) is -0.632. The monoisotopic (exact) mass is 544 g/mol. The first-order chi connectivity index (χ1) is 18.1. The van der Waals surface area contributed by atoms with Crippen LogP contribution in [0.25, 0.3) is 5.57 Å². The highest BCUT2D eigenvalue weighted by molar-refractivity contribution is 7.91. The lowest BCUT2D eigenvalue weighted by Gasteiger charge is -2.37. The van der Waals surface area contributed by atoms with Gasteiger partial charge in [-0.05, 0) is 57.1 Å². The molecular weight excluding hydrogens is 511 g/mol. The largest absolute Gasteiger partial charge is 0.493 e. The summed E-state index contributed by atoms with van der Waals surface area (Å²) in [5, 5.41) is 6.73. The van der Waals surface area contributed by atoms with Crippen LogP contribution in [0.1, 0.15) is 70.1 Å². The van der Waals surface area contributed by atoms with Crippen molar-refractivity contribution in [2.75, 3.05) is 6.61 Å². The highest BCUT2D eigenvalue weighted by Gasteiger charge is 2.44. The van der Waals surface area contributed by atoms with Gasteiger partial charge in [0, 0.05) is 36.4 Å². The molecule has 38 heavy (non-hydrogen) atoms. The summed E-state index contributed by atoms with van der Waals surface area (Å²) < 4.78 is 49.8. The third-order valence-corrected chi connectivity index (χ3v) is 9.09. The number of nitrogens with zero attached hydrogens (tertiary/aromatic N) is 2. The Morgan fingerprint density at radius 1 is 1.26 bits per heavy atom. The zero-order valence-electron chi connectivity index (χ0n) is 21.6. The average Bonchev–Trinajstić information content (AvgIpc) is 3.77. The van der Waals surface area contributed by atoms with E-state index in [0.29, 0.717) is 36.8 Å². The van der Waals surface area contributed by atoms with Gasteiger partial charge in [-0.1, -0.05) is 19.4 Å². The van der Waals surface area contributed by atoms with E-state index in [-0.39, 0.29) is 23.1 Å². The molecule has 1 aliphatic heterocycles. The van der Waals surface area contributed by atoms with Crippen LogP contribution in [0.15, 0.2) is 36.0 Å². The van der Waals surface area contributed by atoms with Gasteiger partial charge in [0.2, 0.25) is 10.0 Å². The molecule has 0 spiro atoms. The van der Waals surface area contributed by atoms with E-state index >= 15 is 4.39 Å². The number of rotatable bonds is 11. The Balaban J connectivity index is 1.49. The Hall–Kier alpha value is -3.21. The van der Waals surface area contributed by atoms with Crippen molar-refractivity contribution < 1.29 is 27.1 Å². The van der Waals surface area contributed by atoms with Gasteiger partial charge in [0.1, 0.15) is 17.1 Å². The predicted octanol–water partition coefficient (Wildman–Crippen LogP) is 3.41. The van der Waals surface area contributed by atoms with Crippen molar-refractivity contribution in [1.82, 2.24) is 19.8 Å². The van der Waals surface area contributed by atoms with Crippen molar-refractivity contribution >= 4 is 27.4 Å². The Bertz CT molecular complexity index is 1390. The van der Waals surface area contributed by atoms with Gasteiger partial charge < -0.3 is 10.1 Å². The van der Waals surface area contributed by atoms with Crippen LogP contribution in [-0.4, -0.2) is 41.9 Å². The topological polar surface area (TPSA) is 119 Å². The van der Waals surface area contributed by atoms with Crippen molar-refractivity contribution in [3.05, 3.63) is 53.1 Å². The van der Waals surface area contributed by atoms with Gasteiger partial charge in [-0.15, -0.1) is 0 Å². The predicted molar refractivity (Wildman–Crippen MR) is 139 cm³/mol. The molecule has 2 aliphatic carbocycles. The molecular formula is C27H33FN4O5S. The molecule has 204 valence electrons. The van der Waals surface area contributed by atoms with Crippen LogP contribution in [-0.2, 0) is 31.7 Å². The van der Waals surface area contributed by atoms with E-state index in [1.54, 1.807) is 36.0 Å². The third kappa shape index (κ3) is 5.62. The summed E-state index contributed by atoms with van der Waals surface area (Å²) in [6.45, 7) is 4.91. The molecule has 9 nitrogen and oxygen atoms in total. The van der Waals surface area contributed by atoms with E-state index in [0.717, 1.165) is 32.2 Å². The Kier molecular flexibility index (Phi) is 7.06. The molecule has 0 saturated heterocycles. The minimum atomic E-state index is -3.88. The van der Waals surface area contributed by atoms with Crippen LogP contribution in [0.5, 0.6) is 5.75 Å². The van der Waals surface area contributed by atoms with Crippen LogP contribution >= 0.6 is 0 Å². The number of amides is 2. The van der Waals surface area contributed by atoms with Gasteiger partial charge >= 0.3 is 0 Å². The van der Waals surface area contributed by atoms with Crippen molar-refractivity contribution in [1.29, 1.82) is 0 Å². The van der Waals surface area contributed by atoms with Crippen LogP contribution in [0.3, 0.4) is 0 Å². The lowest BCUT2D eigenvalue weighted by atomic mass is 9.79. The molecule has 2 amide bonds. The normalized spacial score (nSPS) is 21.8. The van der Waals surface area contributed by atoms with Crippen LogP contribution in [0.4, 0.5) is 4.39 Å². The Labute approximate surface area is 221 Å². The molecule has 3 aliphatic rings. The fraction of sp³-hybridized carbons (Fsp3) is 0.519. The van der Waals surface area contributed by atoms with E-state index < -0.39 is 38.4 Å². The SMILES string of the molecule is CCCCOc1ccc([C@]2(C)CC(c3ccn(CC4CC4)n3)=C(C(=O)NS(=O)(=O)C3CC3)C(=O)N2)c(F)c1. The number of carbonyl (C=O) groups is 2. The highest BCUT2D eigenvalue weighted by atomic mass is 32.2. The highest BCUT2D eigenvalue weighted by Crippen LogP contribution is 2.40. The average molecular weight is 545 g/mol. The summed E-state index contributed by atoms with van der Waals surface area (Å²) in [5.74, 6) is -1.38. The van der Waals surface area contributed by atoms with E-state index in [2.05, 4.69) is 15.1 Å². The van der Waals surface area contributed by atoms with Crippen molar-refractivity contribution in [3.8, 4) is 5.75 Å². The molecule has 2 N–H and O–H groups in total. The van der Waals surface area contributed by atoms with Gasteiger partial charge in [-0.25, -0.2) is 17.5 Å². The molecule has 11 heteroatoms. The minimum absolute atomic E-state index is 0.0400. The molecule has 1 aromatic carbocycles. The lowest BCUT2D eigenvalue weighted by molar-refractivity contribution is -0.124. The van der Waals surface area contributed by atoms with Crippen LogP contribution in [0.2, 0.25) is 0 Å². The second-order valence-electron chi connectivity index (χ2n) is 10.7. The van der Waals surface area contributed by atoms with Crippen molar-refractivity contribution in [2.45, 2.75) is 76.1 Å². The van der Waals surface area contributed by atoms with Gasteiger partial charge in [-0.3, -0.25) is 14.3 Å². The number of aromatic nitrogens is 2. The zero-order valence-corrected chi connectivity index (χ0v) is 22.4. The quantitative estimate of drug-likeness (QED) is 0.331. The molecule has 2 heterocycles. The van der Waals surface area contributed by atoms with Gasteiger partial charge in [0.25, 0.3) is 11.8 Å². The molecule has 2 fully saturated rings. The summed E-state index contributed by atoms with van der Waals surface area (Å²) in [4.78, 5) is 26.6. The Morgan fingerprint density at radius 3 is 2.68 bits per heavy atom. The smallest absolute Gasteiger partial charge is 0.270 e. The lowest BCUT2D eigenvalue weighted by Crippen LogP contribution is -2.51. The molecule has 0 bridgehead atoms. The maximum absolute atomic E-state index is 15.3.